The number of amides is 1. The van der Waals surface area contributed by atoms with Gasteiger partial charge >= 0.3 is 0 Å². The Labute approximate surface area is 102 Å². The molecule has 0 aromatic carbocycles. The maximum absolute atomic E-state index is 11.3. The Morgan fingerprint density at radius 1 is 1.50 bits per heavy atom. The number of carbonyl (C=O) groups is 1. The normalized spacial score (nSPS) is 10.9. The van der Waals surface area contributed by atoms with Crippen molar-refractivity contribution in [3.63, 3.8) is 0 Å². The lowest BCUT2D eigenvalue weighted by Gasteiger charge is -1.99. The van der Waals surface area contributed by atoms with Crippen LogP contribution < -0.4 is 5.32 Å². The van der Waals surface area contributed by atoms with Crippen LogP contribution in [0.3, 0.4) is 0 Å². The Bertz CT molecular complexity index is 360. The van der Waals surface area contributed by atoms with Crippen molar-refractivity contribution in [1.82, 2.24) is 5.32 Å². The Hall–Kier alpha value is -1.07. The van der Waals surface area contributed by atoms with Crippen LogP contribution in [0.2, 0.25) is 0 Å². The highest BCUT2D eigenvalue weighted by Gasteiger charge is 1.97. The molecule has 0 unspecified atom stereocenters. The fourth-order valence-corrected chi connectivity index (χ4v) is 1.40. The van der Waals surface area contributed by atoms with Crippen LogP contribution in [0.5, 0.6) is 0 Å². The quantitative estimate of drug-likeness (QED) is 0.621. The highest BCUT2D eigenvalue weighted by Crippen LogP contribution is 2.14. The van der Waals surface area contributed by atoms with Gasteiger partial charge in [-0.1, -0.05) is 0 Å². The predicted octanol–water partition coefficient (Wildman–Crippen LogP) is 1.94. The first-order valence-electron chi connectivity index (χ1n) is 5.04. The molecule has 0 atom stereocenters. The molecule has 0 saturated carbocycles. The minimum atomic E-state index is -0.162. The summed E-state index contributed by atoms with van der Waals surface area (Å²) < 4.78 is 5.83. The number of carbonyl (C=O) groups excluding carboxylic acids is 1. The van der Waals surface area contributed by atoms with Crippen molar-refractivity contribution < 1.29 is 14.3 Å². The second kappa shape index (κ2) is 7.24. The Kier molecular flexibility index (Phi) is 5.88. The zero-order chi connectivity index (χ0) is 11.8. The van der Waals surface area contributed by atoms with Gasteiger partial charge in [0.1, 0.15) is 5.76 Å². The van der Waals surface area contributed by atoms with Gasteiger partial charge in [0, 0.05) is 19.2 Å². The monoisotopic (exact) mass is 287 g/mol. The van der Waals surface area contributed by atoms with Gasteiger partial charge < -0.3 is 14.8 Å². The van der Waals surface area contributed by atoms with Gasteiger partial charge in [-0.05, 0) is 47.0 Å². The number of aliphatic hydroxyl groups excluding tert-OH is 1. The largest absolute Gasteiger partial charge is 0.450 e. The first-order chi connectivity index (χ1) is 7.72. The molecular weight excluding hydrogens is 274 g/mol. The molecule has 0 saturated heterocycles. The number of hydrogen-bond donors (Lipinski definition) is 2. The van der Waals surface area contributed by atoms with Gasteiger partial charge in [0.2, 0.25) is 5.91 Å². The van der Waals surface area contributed by atoms with Crippen LogP contribution in [-0.4, -0.2) is 24.2 Å². The van der Waals surface area contributed by atoms with Crippen LogP contribution in [-0.2, 0) is 4.79 Å². The molecule has 16 heavy (non-hydrogen) atoms. The number of halogens is 1. The fraction of sp³-hybridized carbons (Fsp3) is 0.364. The molecule has 5 heteroatoms. The summed E-state index contributed by atoms with van der Waals surface area (Å²) in [5.41, 5.74) is 0. The topological polar surface area (TPSA) is 62.5 Å². The van der Waals surface area contributed by atoms with Crippen LogP contribution >= 0.6 is 15.9 Å². The Balaban J connectivity index is 2.26. The lowest BCUT2D eigenvalue weighted by Crippen LogP contribution is -2.22. The molecule has 4 nitrogen and oxygen atoms in total. The lowest BCUT2D eigenvalue weighted by molar-refractivity contribution is -0.116. The average Bonchev–Trinajstić information content (AvgIpc) is 2.68. The number of unbranched alkanes of at least 4 members (excludes halogenated alkanes) is 1. The van der Waals surface area contributed by atoms with Crippen molar-refractivity contribution in [2.75, 3.05) is 13.2 Å². The van der Waals surface area contributed by atoms with Crippen LogP contribution in [0, 0.1) is 0 Å². The number of nitrogens with one attached hydrogen (secondary N) is 1. The molecule has 1 aromatic rings. The van der Waals surface area contributed by atoms with E-state index in [1.54, 1.807) is 18.2 Å². The maximum Gasteiger partial charge on any atom is 0.244 e. The third-order valence-corrected chi connectivity index (χ3v) is 2.30. The lowest BCUT2D eigenvalue weighted by atomic mass is 10.3. The van der Waals surface area contributed by atoms with E-state index in [-0.39, 0.29) is 12.5 Å². The minimum Gasteiger partial charge on any atom is -0.450 e. The summed E-state index contributed by atoms with van der Waals surface area (Å²) >= 11 is 3.17. The summed E-state index contributed by atoms with van der Waals surface area (Å²) in [5, 5.41) is 11.2. The van der Waals surface area contributed by atoms with E-state index in [9.17, 15) is 4.79 Å². The molecule has 0 aliphatic heterocycles. The van der Waals surface area contributed by atoms with Crippen LogP contribution in [0.1, 0.15) is 18.6 Å². The standard InChI is InChI=1S/C11H14BrNO3/c12-10-5-3-9(16-10)4-6-11(15)13-7-1-2-8-14/h3-6,14H,1-2,7-8H2,(H,13,15)/b6-4+. The fourth-order valence-electron chi connectivity index (χ4n) is 1.08. The molecule has 2 N–H and O–H groups in total. The van der Waals surface area contributed by atoms with E-state index in [0.717, 1.165) is 6.42 Å². The van der Waals surface area contributed by atoms with E-state index in [1.807, 2.05) is 0 Å². The Morgan fingerprint density at radius 3 is 2.94 bits per heavy atom. The predicted molar refractivity (Wildman–Crippen MR) is 64.8 cm³/mol. The van der Waals surface area contributed by atoms with Crippen molar-refractivity contribution in [3.8, 4) is 0 Å². The van der Waals surface area contributed by atoms with Crippen molar-refractivity contribution >= 4 is 27.9 Å². The number of furan rings is 1. The maximum atomic E-state index is 11.3. The summed E-state index contributed by atoms with van der Waals surface area (Å²) in [7, 11) is 0. The van der Waals surface area contributed by atoms with Crippen molar-refractivity contribution in [3.05, 3.63) is 28.6 Å². The van der Waals surface area contributed by atoms with Gasteiger partial charge in [-0.2, -0.15) is 0 Å². The molecule has 88 valence electrons. The second-order valence-electron chi connectivity index (χ2n) is 3.20. The molecule has 0 fully saturated rings. The van der Waals surface area contributed by atoms with Gasteiger partial charge in [-0.25, -0.2) is 0 Å². The van der Waals surface area contributed by atoms with Crippen LogP contribution in [0.4, 0.5) is 0 Å². The summed E-state index contributed by atoms with van der Waals surface area (Å²) in [5.74, 6) is 0.461. The number of hydrogen-bond acceptors (Lipinski definition) is 3. The summed E-state index contributed by atoms with van der Waals surface area (Å²) in [6, 6.07) is 3.53. The zero-order valence-electron chi connectivity index (χ0n) is 8.78. The molecule has 0 bridgehead atoms. The smallest absolute Gasteiger partial charge is 0.244 e. The number of aliphatic hydroxyl groups is 1. The summed E-state index contributed by atoms with van der Waals surface area (Å²) in [6.07, 6.45) is 4.51. The van der Waals surface area contributed by atoms with Gasteiger partial charge in [-0.3, -0.25) is 4.79 Å². The minimum absolute atomic E-state index is 0.159. The first-order valence-corrected chi connectivity index (χ1v) is 5.84. The van der Waals surface area contributed by atoms with Crippen molar-refractivity contribution in [1.29, 1.82) is 0 Å². The van der Waals surface area contributed by atoms with E-state index < -0.39 is 0 Å². The van der Waals surface area contributed by atoms with Gasteiger partial charge in [-0.15, -0.1) is 0 Å². The average molecular weight is 288 g/mol. The van der Waals surface area contributed by atoms with E-state index in [0.29, 0.717) is 23.4 Å². The highest BCUT2D eigenvalue weighted by atomic mass is 79.9. The third kappa shape index (κ3) is 5.14. The van der Waals surface area contributed by atoms with Gasteiger partial charge in [0.25, 0.3) is 0 Å². The van der Waals surface area contributed by atoms with Crippen LogP contribution in [0.15, 0.2) is 27.3 Å². The molecule has 0 radical (unpaired) electrons. The second-order valence-corrected chi connectivity index (χ2v) is 3.98. The Morgan fingerprint density at radius 2 is 2.31 bits per heavy atom. The van der Waals surface area contributed by atoms with E-state index >= 15 is 0 Å². The van der Waals surface area contributed by atoms with Crippen molar-refractivity contribution in [2.24, 2.45) is 0 Å². The molecule has 0 aliphatic carbocycles. The third-order valence-electron chi connectivity index (χ3n) is 1.88. The van der Waals surface area contributed by atoms with Gasteiger partial charge in [0.05, 0.1) is 0 Å². The zero-order valence-corrected chi connectivity index (χ0v) is 10.4. The molecule has 0 aliphatic rings. The first kappa shape index (κ1) is 13.0. The number of rotatable bonds is 6. The van der Waals surface area contributed by atoms with Crippen LogP contribution in [0.25, 0.3) is 6.08 Å². The molecule has 1 rings (SSSR count). The molecular formula is C11H14BrNO3. The molecule has 1 aromatic heterocycles. The van der Waals surface area contributed by atoms with E-state index in [1.165, 1.54) is 6.08 Å². The molecule has 1 heterocycles. The summed E-state index contributed by atoms with van der Waals surface area (Å²) in [4.78, 5) is 11.3. The summed E-state index contributed by atoms with van der Waals surface area (Å²) in [6.45, 7) is 0.734. The highest BCUT2D eigenvalue weighted by molar-refractivity contribution is 9.10. The van der Waals surface area contributed by atoms with E-state index in [2.05, 4.69) is 21.2 Å². The van der Waals surface area contributed by atoms with E-state index in [4.69, 9.17) is 9.52 Å². The molecule has 0 spiro atoms. The van der Waals surface area contributed by atoms with Crippen molar-refractivity contribution in [2.45, 2.75) is 12.8 Å². The molecule has 1 amide bonds. The van der Waals surface area contributed by atoms with Gasteiger partial charge in [0.15, 0.2) is 4.67 Å². The SMILES string of the molecule is O=C(/C=C/c1ccc(Br)o1)NCCCCO.